The Balaban J connectivity index is 1.53. The van der Waals surface area contributed by atoms with E-state index >= 15 is 0 Å². The molecule has 30 heavy (non-hydrogen) atoms. The normalized spacial score (nSPS) is 11.5. The second-order valence-electron chi connectivity index (χ2n) is 7.90. The zero-order valence-corrected chi connectivity index (χ0v) is 16.8. The Morgan fingerprint density at radius 3 is 2.37 bits per heavy atom. The van der Waals surface area contributed by atoms with Gasteiger partial charge < -0.3 is 0 Å². The Hall–Kier alpha value is -3.81. The third-order valence-corrected chi connectivity index (χ3v) is 4.74. The molecule has 152 valence electrons. The lowest BCUT2D eigenvalue weighted by Gasteiger charge is -2.19. The van der Waals surface area contributed by atoms with E-state index in [9.17, 15) is 9.18 Å². The number of amides is 1. The smallest absolute Gasteiger partial charge is 0.269 e. The highest BCUT2D eigenvalue weighted by molar-refractivity contribution is 5.96. The first kappa shape index (κ1) is 19.5. The molecule has 0 radical (unpaired) electrons. The quantitative estimate of drug-likeness (QED) is 0.502. The molecule has 4 rings (SSSR count). The number of fused-ring (bicyclic) bond motifs is 1. The summed E-state index contributed by atoms with van der Waals surface area (Å²) in [5, 5.41) is 4.93. The molecule has 8 heteroatoms. The SMILES string of the molecule is CC(C)(C)c1ccc(C(=O)NNc2ncnc3c2cnn3-c2ccc(F)cc2)cc1. The van der Waals surface area contributed by atoms with Crippen molar-refractivity contribution in [3.05, 3.63) is 78.0 Å². The Kier molecular flexibility index (Phi) is 4.91. The Morgan fingerprint density at radius 2 is 1.70 bits per heavy atom. The number of carbonyl (C=O) groups excluding carboxylic acids is 1. The molecule has 2 aromatic heterocycles. The fraction of sp³-hybridized carbons (Fsp3) is 0.182. The lowest BCUT2D eigenvalue weighted by atomic mass is 9.87. The van der Waals surface area contributed by atoms with Crippen LogP contribution in [-0.2, 0) is 5.41 Å². The lowest BCUT2D eigenvalue weighted by molar-refractivity contribution is 0.0962. The van der Waals surface area contributed by atoms with Crippen LogP contribution >= 0.6 is 0 Å². The van der Waals surface area contributed by atoms with Crippen LogP contribution in [0, 0.1) is 5.82 Å². The Labute approximate surface area is 172 Å². The van der Waals surface area contributed by atoms with Gasteiger partial charge in [0, 0.05) is 5.56 Å². The number of halogens is 1. The molecule has 0 aliphatic rings. The van der Waals surface area contributed by atoms with Crippen LogP contribution in [0.25, 0.3) is 16.7 Å². The topological polar surface area (TPSA) is 84.7 Å². The summed E-state index contributed by atoms with van der Waals surface area (Å²) >= 11 is 0. The maximum Gasteiger partial charge on any atom is 0.269 e. The number of hydrogen-bond acceptors (Lipinski definition) is 5. The van der Waals surface area contributed by atoms with Crippen molar-refractivity contribution in [2.24, 2.45) is 0 Å². The van der Waals surface area contributed by atoms with Crippen LogP contribution in [0.3, 0.4) is 0 Å². The van der Waals surface area contributed by atoms with Gasteiger partial charge in [-0.3, -0.25) is 15.6 Å². The highest BCUT2D eigenvalue weighted by Gasteiger charge is 2.15. The average Bonchev–Trinajstić information content (AvgIpc) is 3.17. The van der Waals surface area contributed by atoms with Gasteiger partial charge in [0.2, 0.25) is 0 Å². The third kappa shape index (κ3) is 3.84. The summed E-state index contributed by atoms with van der Waals surface area (Å²) in [5.74, 6) is -0.202. The highest BCUT2D eigenvalue weighted by Crippen LogP contribution is 2.23. The van der Waals surface area contributed by atoms with Crippen molar-refractivity contribution in [3.63, 3.8) is 0 Å². The number of anilines is 1. The first-order chi connectivity index (χ1) is 14.3. The van der Waals surface area contributed by atoms with Crippen LogP contribution < -0.4 is 10.9 Å². The maximum absolute atomic E-state index is 13.2. The second-order valence-corrected chi connectivity index (χ2v) is 7.90. The van der Waals surface area contributed by atoms with E-state index in [1.165, 1.54) is 18.5 Å². The zero-order valence-electron chi connectivity index (χ0n) is 16.8. The first-order valence-corrected chi connectivity index (χ1v) is 9.44. The highest BCUT2D eigenvalue weighted by atomic mass is 19.1. The molecule has 0 aliphatic carbocycles. The summed E-state index contributed by atoms with van der Waals surface area (Å²) < 4.78 is 14.8. The number of rotatable bonds is 4. The fourth-order valence-corrected chi connectivity index (χ4v) is 3.02. The molecule has 0 unspecified atom stereocenters. The molecule has 0 fully saturated rings. The number of nitrogens with zero attached hydrogens (tertiary/aromatic N) is 4. The van der Waals surface area contributed by atoms with E-state index in [1.807, 2.05) is 12.1 Å². The number of nitrogens with one attached hydrogen (secondary N) is 2. The van der Waals surface area contributed by atoms with Crippen LogP contribution in [0.1, 0.15) is 36.7 Å². The van der Waals surface area contributed by atoms with Crippen molar-refractivity contribution in [1.29, 1.82) is 0 Å². The summed E-state index contributed by atoms with van der Waals surface area (Å²) in [6.45, 7) is 6.36. The van der Waals surface area contributed by atoms with Gasteiger partial charge in [0.1, 0.15) is 12.1 Å². The van der Waals surface area contributed by atoms with E-state index in [4.69, 9.17) is 0 Å². The van der Waals surface area contributed by atoms with Gasteiger partial charge in [0.05, 0.1) is 17.3 Å². The minimum absolute atomic E-state index is 0.0184. The van der Waals surface area contributed by atoms with E-state index in [0.29, 0.717) is 28.1 Å². The largest absolute Gasteiger partial charge is 0.281 e. The van der Waals surface area contributed by atoms with Crippen LogP contribution in [0.2, 0.25) is 0 Å². The number of hydrogen-bond donors (Lipinski definition) is 2. The number of carbonyl (C=O) groups is 1. The molecule has 1 amide bonds. The van der Waals surface area contributed by atoms with Crippen LogP contribution in [0.15, 0.2) is 61.1 Å². The van der Waals surface area contributed by atoms with Crippen molar-refractivity contribution < 1.29 is 9.18 Å². The van der Waals surface area contributed by atoms with Gasteiger partial charge in [0.15, 0.2) is 11.5 Å². The summed E-state index contributed by atoms with van der Waals surface area (Å²) in [6, 6.07) is 13.4. The van der Waals surface area contributed by atoms with Gasteiger partial charge in [-0.2, -0.15) is 5.10 Å². The van der Waals surface area contributed by atoms with Crippen LogP contribution in [0.5, 0.6) is 0 Å². The number of aromatic nitrogens is 4. The number of benzene rings is 2. The molecule has 4 aromatic rings. The Bertz CT molecular complexity index is 1190. The molecule has 0 aliphatic heterocycles. The van der Waals surface area contributed by atoms with E-state index in [-0.39, 0.29) is 17.1 Å². The molecule has 2 aromatic carbocycles. The molecule has 0 saturated carbocycles. The minimum atomic E-state index is -0.328. The van der Waals surface area contributed by atoms with Crippen molar-refractivity contribution in [3.8, 4) is 5.69 Å². The molecular weight excluding hydrogens is 383 g/mol. The summed E-state index contributed by atoms with van der Waals surface area (Å²) in [5.41, 5.74) is 8.39. The lowest BCUT2D eigenvalue weighted by Crippen LogP contribution is -2.30. The van der Waals surface area contributed by atoms with Crippen molar-refractivity contribution in [2.45, 2.75) is 26.2 Å². The van der Waals surface area contributed by atoms with E-state index in [2.05, 4.69) is 46.7 Å². The summed E-state index contributed by atoms with van der Waals surface area (Å²) in [6.07, 6.45) is 2.96. The summed E-state index contributed by atoms with van der Waals surface area (Å²) in [7, 11) is 0. The van der Waals surface area contributed by atoms with E-state index in [0.717, 1.165) is 5.56 Å². The molecular formula is C22H21FN6O. The maximum atomic E-state index is 13.2. The van der Waals surface area contributed by atoms with E-state index in [1.54, 1.807) is 35.1 Å². The van der Waals surface area contributed by atoms with Gasteiger partial charge in [-0.25, -0.2) is 19.0 Å². The fourth-order valence-electron chi connectivity index (χ4n) is 3.02. The van der Waals surface area contributed by atoms with Gasteiger partial charge in [-0.05, 0) is 47.4 Å². The monoisotopic (exact) mass is 404 g/mol. The van der Waals surface area contributed by atoms with Crippen molar-refractivity contribution in [2.75, 3.05) is 5.43 Å². The number of hydrazine groups is 1. The molecule has 2 N–H and O–H groups in total. The second kappa shape index (κ2) is 7.55. The zero-order chi connectivity index (χ0) is 21.3. The molecule has 0 saturated heterocycles. The van der Waals surface area contributed by atoms with Gasteiger partial charge in [-0.1, -0.05) is 32.9 Å². The molecule has 0 bridgehead atoms. The van der Waals surface area contributed by atoms with Crippen molar-refractivity contribution in [1.82, 2.24) is 25.2 Å². The standard InChI is InChI=1S/C22H21FN6O/c1-22(2,3)15-6-4-14(5-7-15)21(30)28-27-19-18-12-26-29(20(18)25-13-24-19)17-10-8-16(23)9-11-17/h4-13H,1-3H3,(H,28,30)(H,24,25,27). The van der Waals surface area contributed by atoms with Crippen molar-refractivity contribution >= 4 is 22.8 Å². The molecule has 0 spiro atoms. The predicted molar refractivity (Wildman–Crippen MR) is 113 cm³/mol. The average molecular weight is 404 g/mol. The van der Waals surface area contributed by atoms with E-state index < -0.39 is 0 Å². The first-order valence-electron chi connectivity index (χ1n) is 9.44. The summed E-state index contributed by atoms with van der Waals surface area (Å²) in [4.78, 5) is 21.0. The Morgan fingerprint density at radius 1 is 1.00 bits per heavy atom. The third-order valence-electron chi connectivity index (χ3n) is 4.74. The van der Waals surface area contributed by atoms with Gasteiger partial charge in [0.25, 0.3) is 5.91 Å². The van der Waals surface area contributed by atoms with Crippen LogP contribution in [-0.4, -0.2) is 25.7 Å². The molecule has 0 atom stereocenters. The molecule has 2 heterocycles. The van der Waals surface area contributed by atoms with Gasteiger partial charge >= 0.3 is 0 Å². The van der Waals surface area contributed by atoms with Gasteiger partial charge in [-0.15, -0.1) is 0 Å². The minimum Gasteiger partial charge on any atom is -0.281 e. The van der Waals surface area contributed by atoms with Crippen LogP contribution in [0.4, 0.5) is 10.2 Å². The molecule has 7 nitrogen and oxygen atoms in total. The predicted octanol–water partition coefficient (Wildman–Crippen LogP) is 4.01.